The van der Waals surface area contributed by atoms with Gasteiger partial charge in [0.15, 0.2) is 0 Å². The van der Waals surface area contributed by atoms with Crippen LogP contribution in [0.5, 0.6) is 0 Å². The van der Waals surface area contributed by atoms with Gasteiger partial charge in [0.1, 0.15) is 0 Å². The van der Waals surface area contributed by atoms with Crippen LogP contribution in [0.4, 0.5) is 0 Å². The van der Waals surface area contributed by atoms with Gasteiger partial charge in [0.25, 0.3) is 10.1 Å². The van der Waals surface area contributed by atoms with Crippen LogP contribution in [0, 0.1) is 0 Å². The minimum Gasteiger partial charge on any atom is -0.481 e. The fraction of sp³-hybridized carbons (Fsp3) is 0.417. The van der Waals surface area contributed by atoms with E-state index in [1.807, 2.05) is 6.92 Å². The van der Waals surface area contributed by atoms with E-state index in [4.69, 9.17) is 9.66 Å². The average molecular weight is 304 g/mol. The lowest BCUT2D eigenvalue weighted by Gasteiger charge is -2.11. The van der Waals surface area contributed by atoms with E-state index >= 15 is 0 Å². The molecule has 0 bridgehead atoms. The largest absolute Gasteiger partial charge is 0.481 e. The molecule has 1 atom stereocenters. The molecular weight excluding hydrogens is 288 g/mol. The molecule has 0 heterocycles. The zero-order chi connectivity index (χ0) is 14.5. The summed E-state index contributed by atoms with van der Waals surface area (Å²) in [7, 11) is -4.15. The second-order valence-electron chi connectivity index (χ2n) is 4.16. The SMILES string of the molecule is CC(CSCCC(=O)O)c1ccc(S(=O)(=O)O)cc1. The van der Waals surface area contributed by atoms with Crippen LogP contribution in [0.15, 0.2) is 29.2 Å². The molecule has 0 radical (unpaired) electrons. The molecule has 0 aromatic heterocycles. The Morgan fingerprint density at radius 3 is 2.37 bits per heavy atom. The summed E-state index contributed by atoms with van der Waals surface area (Å²) in [6.07, 6.45) is 0.138. The van der Waals surface area contributed by atoms with E-state index in [2.05, 4.69) is 0 Å². The lowest BCUT2D eigenvalue weighted by Crippen LogP contribution is -2.02. The van der Waals surface area contributed by atoms with Crippen LogP contribution in [0.1, 0.15) is 24.8 Å². The van der Waals surface area contributed by atoms with Gasteiger partial charge in [-0.3, -0.25) is 9.35 Å². The first kappa shape index (κ1) is 16.0. The third-order valence-electron chi connectivity index (χ3n) is 2.58. The molecule has 0 fully saturated rings. The first-order valence-electron chi connectivity index (χ1n) is 5.67. The molecule has 0 amide bonds. The summed E-state index contributed by atoms with van der Waals surface area (Å²) in [5.41, 5.74) is 0.954. The molecule has 0 aliphatic rings. The van der Waals surface area contributed by atoms with Crippen molar-refractivity contribution in [1.82, 2.24) is 0 Å². The zero-order valence-electron chi connectivity index (χ0n) is 10.4. The maximum atomic E-state index is 10.9. The highest BCUT2D eigenvalue weighted by Gasteiger charge is 2.11. The van der Waals surface area contributed by atoms with E-state index in [9.17, 15) is 13.2 Å². The van der Waals surface area contributed by atoms with Crippen molar-refractivity contribution in [2.45, 2.75) is 24.2 Å². The van der Waals surface area contributed by atoms with E-state index in [1.165, 1.54) is 12.1 Å². The van der Waals surface area contributed by atoms with E-state index < -0.39 is 16.1 Å². The van der Waals surface area contributed by atoms with Gasteiger partial charge in [0.05, 0.1) is 11.3 Å². The molecule has 1 unspecified atom stereocenters. The molecule has 1 rings (SSSR count). The van der Waals surface area contributed by atoms with Crippen molar-refractivity contribution < 1.29 is 22.9 Å². The normalized spacial score (nSPS) is 13.2. The Balaban J connectivity index is 2.54. The molecule has 1 aromatic carbocycles. The Bertz CT molecular complexity index is 522. The number of aliphatic carboxylic acids is 1. The predicted octanol–water partition coefficient (Wildman–Crippen LogP) is 2.24. The van der Waals surface area contributed by atoms with E-state index in [1.54, 1.807) is 23.9 Å². The van der Waals surface area contributed by atoms with Crippen LogP contribution in [-0.2, 0) is 14.9 Å². The Hall–Kier alpha value is -1.05. The van der Waals surface area contributed by atoms with Crippen LogP contribution in [0.2, 0.25) is 0 Å². The van der Waals surface area contributed by atoms with Gasteiger partial charge in [0.2, 0.25) is 0 Å². The van der Waals surface area contributed by atoms with E-state index in [0.717, 1.165) is 11.3 Å². The second kappa shape index (κ2) is 6.93. The summed E-state index contributed by atoms with van der Waals surface area (Å²) in [5.74, 6) is 0.702. The van der Waals surface area contributed by atoms with E-state index in [0.29, 0.717) is 5.75 Å². The fourth-order valence-corrected chi connectivity index (χ4v) is 3.00. The van der Waals surface area contributed by atoms with Crippen molar-refractivity contribution >= 4 is 27.8 Å². The molecule has 19 heavy (non-hydrogen) atoms. The fourth-order valence-electron chi connectivity index (χ4n) is 1.48. The molecule has 2 N–H and O–H groups in total. The van der Waals surface area contributed by atoms with Crippen molar-refractivity contribution in [3.8, 4) is 0 Å². The molecular formula is C12H16O5S2. The number of benzene rings is 1. The number of thioether (sulfide) groups is 1. The van der Waals surface area contributed by atoms with Gasteiger partial charge in [0, 0.05) is 5.75 Å². The number of carbonyl (C=O) groups is 1. The van der Waals surface area contributed by atoms with Crippen LogP contribution in [0.3, 0.4) is 0 Å². The van der Waals surface area contributed by atoms with Crippen molar-refractivity contribution in [3.63, 3.8) is 0 Å². The standard InChI is InChI=1S/C12H16O5S2/c1-9(8-18-7-6-12(13)14)10-2-4-11(5-3-10)19(15,16)17/h2-5,9H,6-8H2,1H3,(H,13,14)(H,15,16,17). The number of carboxylic acids is 1. The summed E-state index contributed by atoms with van der Waals surface area (Å²) < 4.78 is 30.6. The van der Waals surface area contributed by atoms with Gasteiger partial charge in [-0.25, -0.2) is 0 Å². The quantitative estimate of drug-likeness (QED) is 0.593. The van der Waals surface area contributed by atoms with Gasteiger partial charge >= 0.3 is 5.97 Å². The third-order valence-corrected chi connectivity index (χ3v) is 4.67. The monoisotopic (exact) mass is 304 g/mol. The predicted molar refractivity (Wildman–Crippen MR) is 74.2 cm³/mol. The highest BCUT2D eigenvalue weighted by atomic mass is 32.2. The van der Waals surface area contributed by atoms with E-state index in [-0.39, 0.29) is 17.2 Å². The van der Waals surface area contributed by atoms with Crippen LogP contribution in [0.25, 0.3) is 0 Å². The molecule has 106 valence electrons. The summed E-state index contributed by atoms with van der Waals surface area (Å²) in [4.78, 5) is 10.2. The Labute approximate surface area is 116 Å². The van der Waals surface area contributed by atoms with Crippen molar-refractivity contribution in [2.24, 2.45) is 0 Å². The van der Waals surface area contributed by atoms with Gasteiger partial charge in [-0.2, -0.15) is 20.2 Å². The summed E-state index contributed by atoms with van der Waals surface area (Å²) in [6.45, 7) is 1.98. The second-order valence-corrected chi connectivity index (χ2v) is 6.74. The Kier molecular flexibility index (Phi) is 5.84. The van der Waals surface area contributed by atoms with Crippen molar-refractivity contribution in [2.75, 3.05) is 11.5 Å². The summed E-state index contributed by atoms with van der Waals surface area (Å²) in [5, 5.41) is 8.51. The molecule has 0 saturated carbocycles. The zero-order valence-corrected chi connectivity index (χ0v) is 12.1. The molecule has 5 nitrogen and oxygen atoms in total. The lowest BCUT2D eigenvalue weighted by atomic mass is 10.0. The molecule has 0 aliphatic heterocycles. The summed E-state index contributed by atoms with van der Waals surface area (Å²) in [6, 6.07) is 6.04. The Morgan fingerprint density at radius 2 is 1.89 bits per heavy atom. The molecule has 0 spiro atoms. The number of hydrogen-bond donors (Lipinski definition) is 2. The van der Waals surface area contributed by atoms with Crippen LogP contribution < -0.4 is 0 Å². The smallest absolute Gasteiger partial charge is 0.304 e. The van der Waals surface area contributed by atoms with Gasteiger partial charge in [-0.15, -0.1) is 0 Å². The lowest BCUT2D eigenvalue weighted by molar-refractivity contribution is -0.136. The number of carboxylic acid groups (broad SMARTS) is 1. The first-order chi connectivity index (χ1) is 8.80. The maximum absolute atomic E-state index is 10.9. The van der Waals surface area contributed by atoms with Crippen molar-refractivity contribution in [3.05, 3.63) is 29.8 Å². The number of hydrogen-bond acceptors (Lipinski definition) is 4. The van der Waals surface area contributed by atoms with Gasteiger partial charge < -0.3 is 5.11 Å². The minimum atomic E-state index is -4.15. The highest BCUT2D eigenvalue weighted by molar-refractivity contribution is 7.99. The van der Waals surface area contributed by atoms with Gasteiger partial charge in [-0.05, 0) is 29.4 Å². The van der Waals surface area contributed by atoms with Gasteiger partial charge in [-0.1, -0.05) is 19.1 Å². The minimum absolute atomic E-state index is 0.123. The first-order valence-corrected chi connectivity index (χ1v) is 8.27. The molecule has 1 aromatic rings. The molecule has 0 aliphatic carbocycles. The summed E-state index contributed by atoms with van der Waals surface area (Å²) >= 11 is 1.55. The molecule has 7 heteroatoms. The Morgan fingerprint density at radius 1 is 1.32 bits per heavy atom. The average Bonchev–Trinajstić information content (AvgIpc) is 2.33. The third kappa shape index (κ3) is 5.63. The van der Waals surface area contributed by atoms with Crippen LogP contribution in [-0.4, -0.2) is 35.6 Å². The maximum Gasteiger partial charge on any atom is 0.304 e. The number of rotatable bonds is 7. The van der Waals surface area contributed by atoms with Crippen molar-refractivity contribution in [1.29, 1.82) is 0 Å². The molecule has 0 saturated heterocycles. The van der Waals surface area contributed by atoms with Crippen LogP contribution >= 0.6 is 11.8 Å². The highest BCUT2D eigenvalue weighted by Crippen LogP contribution is 2.22. The topological polar surface area (TPSA) is 91.7 Å².